The van der Waals surface area contributed by atoms with Gasteiger partial charge in [0.05, 0.1) is 19.1 Å². The topological polar surface area (TPSA) is 54.1 Å². The molecule has 4 nitrogen and oxygen atoms in total. The maximum Gasteiger partial charge on any atom is 0.224 e. The minimum absolute atomic E-state index is 0.0224. The number of hydrogen-bond acceptors (Lipinski definition) is 2. The molecule has 0 spiro atoms. The summed E-state index contributed by atoms with van der Waals surface area (Å²) in [6.45, 7) is 6.62. The van der Waals surface area contributed by atoms with Gasteiger partial charge in [-0.3, -0.25) is 4.79 Å². The number of benzene rings is 2. The number of fused-ring (bicyclic) bond motifs is 1. The Labute approximate surface area is 148 Å². The first-order valence-electron chi connectivity index (χ1n) is 8.66. The number of aryl methyl sites for hydroxylation is 1. The Morgan fingerprint density at radius 3 is 2.60 bits per heavy atom. The summed E-state index contributed by atoms with van der Waals surface area (Å²) < 4.78 is 5.46. The molecule has 2 N–H and O–H groups in total. The number of aromatic nitrogens is 1. The summed E-state index contributed by atoms with van der Waals surface area (Å²) in [6, 6.07) is 15.9. The monoisotopic (exact) mass is 336 g/mol. The molecular weight excluding hydrogens is 312 g/mol. The molecule has 0 saturated heterocycles. The third-order valence-electron chi connectivity index (χ3n) is 4.43. The fraction of sp³-hybridized carbons (Fsp3) is 0.286. The molecule has 3 rings (SSSR count). The predicted octanol–water partition coefficient (Wildman–Crippen LogP) is 4.29. The molecule has 0 radical (unpaired) electrons. The number of nitrogens with one attached hydrogen (secondary N) is 2. The van der Waals surface area contributed by atoms with Crippen LogP contribution < -0.4 is 10.1 Å². The van der Waals surface area contributed by atoms with Crippen LogP contribution in [0.2, 0.25) is 0 Å². The zero-order chi connectivity index (χ0) is 17.8. The van der Waals surface area contributed by atoms with Crippen LogP contribution in [-0.4, -0.2) is 17.5 Å². The van der Waals surface area contributed by atoms with Gasteiger partial charge in [-0.05, 0) is 50.1 Å². The number of carbonyl (C=O) groups excluding carboxylic acids is 1. The van der Waals surface area contributed by atoms with E-state index in [9.17, 15) is 4.79 Å². The van der Waals surface area contributed by atoms with E-state index in [1.165, 1.54) is 0 Å². The Morgan fingerprint density at radius 1 is 1.16 bits per heavy atom. The van der Waals surface area contributed by atoms with Crippen molar-refractivity contribution in [3.05, 3.63) is 65.4 Å². The van der Waals surface area contributed by atoms with E-state index < -0.39 is 0 Å². The lowest BCUT2D eigenvalue weighted by Crippen LogP contribution is -2.28. The van der Waals surface area contributed by atoms with Crippen LogP contribution in [0.3, 0.4) is 0 Å². The molecule has 25 heavy (non-hydrogen) atoms. The Hall–Kier alpha value is -2.75. The van der Waals surface area contributed by atoms with Gasteiger partial charge in [0.2, 0.25) is 5.91 Å². The maximum atomic E-state index is 12.5. The number of amides is 1. The van der Waals surface area contributed by atoms with Crippen molar-refractivity contribution in [3.63, 3.8) is 0 Å². The van der Waals surface area contributed by atoms with E-state index in [2.05, 4.69) is 16.4 Å². The minimum atomic E-state index is -0.0475. The molecule has 1 atom stereocenters. The number of para-hydroxylation sites is 1. The molecule has 0 aliphatic rings. The quantitative estimate of drug-likeness (QED) is 0.705. The third-order valence-corrected chi connectivity index (χ3v) is 4.43. The SMILES string of the molecule is CCOc1ccc(C(C)NC(=O)Cc2c(C)[nH]c3ccccc23)cc1. The van der Waals surface area contributed by atoms with Crippen LogP contribution in [0.5, 0.6) is 5.75 Å². The fourth-order valence-corrected chi connectivity index (χ4v) is 3.12. The summed E-state index contributed by atoms with van der Waals surface area (Å²) in [4.78, 5) is 15.9. The number of H-pyrrole nitrogens is 1. The zero-order valence-electron chi connectivity index (χ0n) is 14.9. The third kappa shape index (κ3) is 3.85. The van der Waals surface area contributed by atoms with E-state index in [4.69, 9.17) is 4.74 Å². The first kappa shape index (κ1) is 17.1. The molecule has 0 aliphatic heterocycles. The molecule has 3 aromatic rings. The molecule has 1 unspecified atom stereocenters. The van der Waals surface area contributed by atoms with Crippen LogP contribution in [0.25, 0.3) is 10.9 Å². The van der Waals surface area contributed by atoms with Gasteiger partial charge in [0, 0.05) is 16.6 Å². The van der Waals surface area contributed by atoms with Crippen molar-refractivity contribution in [1.29, 1.82) is 0 Å². The van der Waals surface area contributed by atoms with Crippen molar-refractivity contribution in [2.75, 3.05) is 6.61 Å². The average molecular weight is 336 g/mol. The zero-order valence-corrected chi connectivity index (χ0v) is 14.9. The van der Waals surface area contributed by atoms with E-state index in [-0.39, 0.29) is 11.9 Å². The Balaban J connectivity index is 1.68. The van der Waals surface area contributed by atoms with Crippen LogP contribution in [0.1, 0.15) is 36.7 Å². The second-order valence-electron chi connectivity index (χ2n) is 6.24. The second-order valence-corrected chi connectivity index (χ2v) is 6.24. The molecule has 0 saturated carbocycles. The molecule has 1 aromatic heterocycles. The van der Waals surface area contributed by atoms with E-state index in [0.29, 0.717) is 13.0 Å². The largest absolute Gasteiger partial charge is 0.494 e. The Bertz CT molecular complexity index is 865. The van der Waals surface area contributed by atoms with Crippen molar-refractivity contribution in [3.8, 4) is 5.75 Å². The number of ether oxygens (including phenoxy) is 1. The van der Waals surface area contributed by atoms with Crippen molar-refractivity contribution >= 4 is 16.8 Å². The van der Waals surface area contributed by atoms with Crippen molar-refractivity contribution in [2.24, 2.45) is 0 Å². The van der Waals surface area contributed by atoms with Crippen molar-refractivity contribution in [2.45, 2.75) is 33.2 Å². The molecule has 1 amide bonds. The van der Waals surface area contributed by atoms with E-state index in [1.54, 1.807) is 0 Å². The predicted molar refractivity (Wildman–Crippen MR) is 101 cm³/mol. The van der Waals surface area contributed by atoms with Gasteiger partial charge in [0.15, 0.2) is 0 Å². The summed E-state index contributed by atoms with van der Waals surface area (Å²) in [6.07, 6.45) is 0.372. The average Bonchev–Trinajstić information content (AvgIpc) is 2.91. The van der Waals surface area contributed by atoms with Gasteiger partial charge in [-0.1, -0.05) is 30.3 Å². The number of carbonyl (C=O) groups is 1. The Kier molecular flexibility index (Phi) is 5.08. The van der Waals surface area contributed by atoms with Crippen LogP contribution >= 0.6 is 0 Å². The lowest BCUT2D eigenvalue weighted by atomic mass is 10.1. The lowest BCUT2D eigenvalue weighted by Gasteiger charge is -2.15. The van der Waals surface area contributed by atoms with Crippen LogP contribution in [0.4, 0.5) is 0 Å². The molecule has 130 valence electrons. The second kappa shape index (κ2) is 7.43. The molecule has 1 heterocycles. The van der Waals surface area contributed by atoms with Gasteiger partial charge in [-0.2, -0.15) is 0 Å². The minimum Gasteiger partial charge on any atom is -0.494 e. The lowest BCUT2D eigenvalue weighted by molar-refractivity contribution is -0.121. The van der Waals surface area contributed by atoms with E-state index >= 15 is 0 Å². The highest BCUT2D eigenvalue weighted by molar-refractivity contribution is 5.90. The van der Waals surface area contributed by atoms with Crippen molar-refractivity contribution < 1.29 is 9.53 Å². The molecule has 4 heteroatoms. The highest BCUT2D eigenvalue weighted by Crippen LogP contribution is 2.23. The molecule has 2 aromatic carbocycles. The summed E-state index contributed by atoms with van der Waals surface area (Å²) in [5, 5.41) is 4.20. The molecule has 0 fully saturated rings. The van der Waals surface area contributed by atoms with E-state index in [0.717, 1.165) is 33.5 Å². The van der Waals surface area contributed by atoms with Crippen LogP contribution in [0, 0.1) is 6.92 Å². The molecular formula is C21H24N2O2. The van der Waals surface area contributed by atoms with Gasteiger partial charge in [0.1, 0.15) is 5.75 Å². The van der Waals surface area contributed by atoms with Gasteiger partial charge in [0.25, 0.3) is 0 Å². The molecule has 0 bridgehead atoms. The van der Waals surface area contributed by atoms with E-state index in [1.807, 2.05) is 63.2 Å². The summed E-state index contributed by atoms with van der Waals surface area (Å²) >= 11 is 0. The van der Waals surface area contributed by atoms with Gasteiger partial charge >= 0.3 is 0 Å². The number of hydrogen-bond donors (Lipinski definition) is 2. The normalized spacial score (nSPS) is 12.1. The highest BCUT2D eigenvalue weighted by atomic mass is 16.5. The maximum absolute atomic E-state index is 12.5. The smallest absolute Gasteiger partial charge is 0.224 e. The fourth-order valence-electron chi connectivity index (χ4n) is 3.12. The van der Waals surface area contributed by atoms with Gasteiger partial charge < -0.3 is 15.0 Å². The molecule has 0 aliphatic carbocycles. The standard InChI is InChI=1S/C21H24N2O2/c1-4-25-17-11-9-16(10-12-17)14(2)23-21(24)13-19-15(3)22-20-8-6-5-7-18(19)20/h5-12,14,22H,4,13H2,1-3H3,(H,23,24). The summed E-state index contributed by atoms with van der Waals surface area (Å²) in [5.41, 5.74) is 4.24. The first-order valence-corrected chi connectivity index (χ1v) is 8.66. The number of rotatable bonds is 6. The van der Waals surface area contributed by atoms with Gasteiger partial charge in [-0.15, -0.1) is 0 Å². The Morgan fingerprint density at radius 2 is 1.88 bits per heavy atom. The van der Waals surface area contributed by atoms with Crippen LogP contribution in [-0.2, 0) is 11.2 Å². The summed E-state index contributed by atoms with van der Waals surface area (Å²) in [7, 11) is 0. The number of aromatic amines is 1. The van der Waals surface area contributed by atoms with Crippen molar-refractivity contribution in [1.82, 2.24) is 10.3 Å². The van der Waals surface area contributed by atoms with Crippen LogP contribution in [0.15, 0.2) is 48.5 Å². The highest BCUT2D eigenvalue weighted by Gasteiger charge is 2.14. The first-order chi connectivity index (χ1) is 12.1. The summed E-state index contributed by atoms with van der Waals surface area (Å²) in [5.74, 6) is 0.869. The van der Waals surface area contributed by atoms with Gasteiger partial charge in [-0.25, -0.2) is 0 Å².